The molecule has 4 saturated carbocycles. The molecule has 494 valence electrons. The number of hydrogen-bond acceptors (Lipinski definition) is 27. The van der Waals surface area contributed by atoms with E-state index in [9.17, 15) is 81.7 Å². The fourth-order valence-electron chi connectivity index (χ4n) is 17.7. The Morgan fingerprint density at radius 1 is 0.535 bits per heavy atom. The average molecular weight is 1240 g/mol. The maximum Gasteiger partial charge on any atom is 0.315 e. The number of aliphatic hydroxyl groups excluding tert-OH is 16. The molecule has 0 spiro atoms. The lowest BCUT2D eigenvalue weighted by molar-refractivity contribution is -0.383. The zero-order valence-corrected chi connectivity index (χ0v) is 50.0. The Labute approximate surface area is 499 Å². The van der Waals surface area contributed by atoms with Crippen molar-refractivity contribution >= 4 is 5.97 Å². The van der Waals surface area contributed by atoms with E-state index in [0.717, 1.165) is 6.42 Å². The molecule has 0 bridgehead atoms. The molecule has 5 aliphatic heterocycles. The Kier molecular flexibility index (Phi) is 19.4. The van der Waals surface area contributed by atoms with Crippen molar-refractivity contribution in [3.63, 3.8) is 0 Å². The second-order valence-corrected chi connectivity index (χ2v) is 28.5. The number of carbonyl (C=O) groups excluding carboxylic acids is 1. The predicted octanol–water partition coefficient (Wildman–Crippen LogP) is -3.57. The third-order valence-electron chi connectivity index (χ3n) is 23.3. The van der Waals surface area contributed by atoms with E-state index in [1.54, 1.807) is 0 Å². The van der Waals surface area contributed by atoms with Crippen LogP contribution in [0.5, 0.6) is 0 Å². The molecule has 16 N–H and O–H groups in total. The minimum atomic E-state index is -1.91. The van der Waals surface area contributed by atoms with Crippen LogP contribution in [-0.2, 0) is 52.2 Å². The molecular weight excluding hydrogens is 1140 g/mol. The van der Waals surface area contributed by atoms with Gasteiger partial charge in [-0.3, -0.25) is 4.79 Å². The zero-order chi connectivity index (χ0) is 62.7. The number of fused-ring (bicyclic) bond motifs is 7. The summed E-state index contributed by atoms with van der Waals surface area (Å²) in [4.78, 5) is 15.1. The van der Waals surface area contributed by atoms with Crippen molar-refractivity contribution in [3.05, 3.63) is 11.6 Å². The molecule has 9 fully saturated rings. The van der Waals surface area contributed by atoms with Crippen LogP contribution < -0.4 is 0 Å². The van der Waals surface area contributed by atoms with Gasteiger partial charge in [-0.1, -0.05) is 53.2 Å². The monoisotopic (exact) mass is 1240 g/mol. The first-order valence-corrected chi connectivity index (χ1v) is 30.8. The summed E-state index contributed by atoms with van der Waals surface area (Å²) in [6.45, 7) is 11.8. The highest BCUT2D eigenvalue weighted by Crippen LogP contribution is 2.76. The van der Waals surface area contributed by atoms with Gasteiger partial charge in [0.15, 0.2) is 25.2 Å². The molecule has 0 unspecified atom stereocenters. The summed E-state index contributed by atoms with van der Waals surface area (Å²) >= 11 is 0. The molecule has 33 atom stereocenters. The second kappa shape index (κ2) is 24.9. The maximum atomic E-state index is 15.1. The third kappa shape index (κ3) is 11.1. The largest absolute Gasteiger partial charge is 0.432 e. The molecule has 5 saturated heterocycles. The van der Waals surface area contributed by atoms with E-state index in [1.165, 1.54) is 12.5 Å². The predicted molar refractivity (Wildman–Crippen MR) is 289 cm³/mol. The van der Waals surface area contributed by atoms with Gasteiger partial charge >= 0.3 is 5.97 Å². The van der Waals surface area contributed by atoms with Crippen LogP contribution in [0.3, 0.4) is 0 Å². The van der Waals surface area contributed by atoms with E-state index in [4.69, 9.17) is 47.4 Å². The lowest BCUT2D eigenvalue weighted by Gasteiger charge is -2.71. The molecule has 27 heteroatoms. The van der Waals surface area contributed by atoms with Crippen molar-refractivity contribution in [1.29, 1.82) is 0 Å². The third-order valence-corrected chi connectivity index (χ3v) is 23.3. The number of esters is 1. The summed E-state index contributed by atoms with van der Waals surface area (Å²) in [7, 11) is 0. The van der Waals surface area contributed by atoms with Gasteiger partial charge in [0, 0.05) is 5.41 Å². The maximum absolute atomic E-state index is 15.1. The quantitative estimate of drug-likeness (QED) is 0.0454. The van der Waals surface area contributed by atoms with E-state index in [1.807, 2.05) is 6.92 Å². The Hall–Kier alpha value is -1.79. The molecule has 0 radical (unpaired) electrons. The smallest absolute Gasteiger partial charge is 0.315 e. The number of hydrogen-bond donors (Lipinski definition) is 16. The normalized spacial score (nSPS) is 54.8. The lowest BCUT2D eigenvalue weighted by atomic mass is 9.33. The topological polar surface area (TPSA) is 433 Å². The molecule has 5 aliphatic carbocycles. The van der Waals surface area contributed by atoms with E-state index in [-0.39, 0.29) is 47.2 Å². The highest BCUT2D eigenvalue weighted by Gasteiger charge is 2.71. The minimum Gasteiger partial charge on any atom is -0.432 e. The van der Waals surface area contributed by atoms with Gasteiger partial charge in [0.1, 0.15) is 110 Å². The number of aliphatic hydroxyl groups is 16. The van der Waals surface area contributed by atoms with Gasteiger partial charge in [0.25, 0.3) is 0 Å². The van der Waals surface area contributed by atoms with Gasteiger partial charge in [-0.05, 0) is 111 Å². The highest BCUT2D eigenvalue weighted by atomic mass is 16.8. The average Bonchev–Trinajstić information content (AvgIpc) is 0.694. The fourth-order valence-corrected chi connectivity index (χ4v) is 17.7. The molecule has 0 aromatic carbocycles. The van der Waals surface area contributed by atoms with Crippen LogP contribution in [0.15, 0.2) is 11.6 Å². The van der Waals surface area contributed by atoms with Gasteiger partial charge in [0.05, 0.1) is 50.7 Å². The van der Waals surface area contributed by atoms with Gasteiger partial charge in [-0.15, -0.1) is 0 Å². The van der Waals surface area contributed by atoms with Crippen molar-refractivity contribution < 1.29 is 134 Å². The molecule has 5 heterocycles. The molecule has 0 amide bonds. The van der Waals surface area contributed by atoms with Crippen LogP contribution in [0.2, 0.25) is 0 Å². The highest BCUT2D eigenvalue weighted by molar-refractivity contribution is 5.79. The Morgan fingerprint density at radius 3 is 1.70 bits per heavy atom. The van der Waals surface area contributed by atoms with E-state index < -0.39 is 196 Å². The molecule has 86 heavy (non-hydrogen) atoms. The van der Waals surface area contributed by atoms with E-state index in [0.29, 0.717) is 57.8 Å². The Bertz CT molecular complexity index is 2380. The van der Waals surface area contributed by atoms with Gasteiger partial charge in [-0.2, -0.15) is 0 Å². The molecule has 10 aliphatic rings. The van der Waals surface area contributed by atoms with Crippen LogP contribution in [0.1, 0.15) is 113 Å². The van der Waals surface area contributed by atoms with Crippen molar-refractivity contribution in [1.82, 2.24) is 0 Å². The van der Waals surface area contributed by atoms with Gasteiger partial charge < -0.3 is 129 Å². The summed E-state index contributed by atoms with van der Waals surface area (Å²) in [6.07, 6.45) is -31.7. The van der Waals surface area contributed by atoms with Gasteiger partial charge in [0.2, 0.25) is 6.29 Å². The van der Waals surface area contributed by atoms with Crippen LogP contribution in [0.4, 0.5) is 0 Å². The molecule has 0 aromatic rings. The number of allylic oxidation sites excluding steroid dienone is 2. The molecule has 10 rings (SSSR count). The summed E-state index contributed by atoms with van der Waals surface area (Å²) in [5.41, 5.74) is -2.07. The first-order valence-electron chi connectivity index (χ1n) is 30.8. The van der Waals surface area contributed by atoms with Gasteiger partial charge in [-0.25, -0.2) is 0 Å². The van der Waals surface area contributed by atoms with Crippen molar-refractivity contribution in [2.24, 2.45) is 50.2 Å². The first-order chi connectivity index (χ1) is 40.4. The molecule has 27 nitrogen and oxygen atoms in total. The molecule has 0 aromatic heterocycles. The molecular formula is C59H96O27. The lowest BCUT2D eigenvalue weighted by Crippen LogP contribution is -2.67. The van der Waals surface area contributed by atoms with Crippen LogP contribution in [0.25, 0.3) is 0 Å². The Balaban J connectivity index is 0.850. The second-order valence-electron chi connectivity index (χ2n) is 28.5. The summed E-state index contributed by atoms with van der Waals surface area (Å²) in [5.74, 6) is -0.929. The SMILES string of the molecule is C[C@@H]1O[C@@H](O[C@H]2[C@H](O[C@H]3CC[C@@]4(C)[C@@H](CC[C@]5(C)[C@@H]4CC=C4[C@H]6CC(C)(C)CC[C@]6(C(=O)O[C@@H]6O[C@H](CO)[C@@H](O[C@@H]7O[C@H](CO)[C@@H](O)[C@H](O)[C@H]7O)[C@H](O)[C@H]6O)CC[C@]45C)[C@]3(C)CO)OC[C@@H](O)[C@@H]2O)[C@H](O)[C@H](O[C@@H]2O[C@H](CO)[C@@H](O)[C@H](O)[C@H]2O)[C@H]1O. The van der Waals surface area contributed by atoms with Crippen molar-refractivity contribution in [3.8, 4) is 0 Å². The van der Waals surface area contributed by atoms with E-state index in [2.05, 4.69) is 40.7 Å². The van der Waals surface area contributed by atoms with Crippen molar-refractivity contribution in [2.45, 2.75) is 266 Å². The van der Waals surface area contributed by atoms with Crippen LogP contribution in [0, 0.1) is 50.2 Å². The van der Waals surface area contributed by atoms with Crippen LogP contribution >= 0.6 is 0 Å². The number of rotatable bonds is 14. The summed E-state index contributed by atoms with van der Waals surface area (Å²) < 4.78 is 59.7. The Morgan fingerprint density at radius 2 is 1.09 bits per heavy atom. The number of ether oxygens (including phenoxy) is 10. The van der Waals surface area contributed by atoms with Crippen molar-refractivity contribution in [2.75, 3.05) is 33.0 Å². The number of carbonyl (C=O) groups is 1. The standard InChI is InChI=1S/C59H96O27/c1-24-34(65)46(84-49-42(73)39(70)37(68)29(20-61)80-49)44(75)51(78-24)85-47-35(66)27(64)22-77-52(47)82-33-11-12-55(4)31(56(33,5)23-63)10-13-58(7)32(55)9-8-25-26-18-54(2,3)14-16-59(26,17-15-57(25,58)6)53(76)86-50-43(74)40(71)45(30(21-62)81-50)83-48-41(72)38(69)36(67)28(19-60)79-48/h8,24,26-52,60-75H,9-23H2,1-7H3/t24-,26+,27+,28+,29+,30+,31+,32+,33-,34-,35-,36+,37+,38-,39-,40+,41+,42+,43+,44+,45+,46+,47+,48-,49-,50-,51-,52-,55-,56-,57+,58+,59-/m0/s1. The van der Waals surface area contributed by atoms with Crippen LogP contribution in [-0.4, -0.2) is 274 Å². The van der Waals surface area contributed by atoms with E-state index >= 15 is 4.79 Å². The zero-order valence-electron chi connectivity index (χ0n) is 50.0. The minimum absolute atomic E-state index is 0.0885. The first kappa shape index (κ1) is 67.1. The fraction of sp³-hybridized carbons (Fsp3) is 0.949. The summed E-state index contributed by atoms with van der Waals surface area (Å²) in [6, 6.07) is 0. The summed E-state index contributed by atoms with van der Waals surface area (Å²) in [5, 5.41) is 173.